The number of alkyl halides is 3. The van der Waals surface area contributed by atoms with Crippen molar-refractivity contribution in [3.63, 3.8) is 0 Å². The van der Waals surface area contributed by atoms with Crippen LogP contribution in [0.5, 0.6) is 5.75 Å². The van der Waals surface area contributed by atoms with Crippen molar-refractivity contribution in [1.29, 1.82) is 5.26 Å². The van der Waals surface area contributed by atoms with Crippen LogP contribution in [0.25, 0.3) is 0 Å². The Bertz CT molecular complexity index is 522. The van der Waals surface area contributed by atoms with Crippen LogP contribution in [-0.4, -0.2) is 17.4 Å². The van der Waals surface area contributed by atoms with Crippen molar-refractivity contribution < 1.29 is 27.8 Å². The fourth-order valence-corrected chi connectivity index (χ4v) is 1.59. The Hall–Kier alpha value is -1.88. The molecule has 0 unspecified atom stereocenters. The molecule has 0 aliphatic carbocycles. The topological polar surface area (TPSA) is 70.3 Å². The number of rotatable bonds is 3. The molecular weight excluding hydrogens is 271 g/mol. The molecule has 0 fully saturated rings. The maximum Gasteiger partial charge on any atom is 0.573 e. The summed E-state index contributed by atoms with van der Waals surface area (Å²) in [4.78, 5) is 10.2. The van der Waals surface area contributed by atoms with Crippen molar-refractivity contribution in [2.24, 2.45) is 0 Å². The van der Waals surface area contributed by atoms with E-state index in [1.807, 2.05) is 0 Å². The zero-order chi connectivity index (χ0) is 13.9. The molecule has 1 rings (SSSR count). The molecule has 1 aromatic carbocycles. The molecule has 0 aliphatic rings. The zero-order valence-corrected chi connectivity index (χ0v) is 9.55. The van der Waals surface area contributed by atoms with Gasteiger partial charge in [-0.2, -0.15) is 5.26 Å². The Morgan fingerprint density at radius 2 is 2.11 bits per heavy atom. The Morgan fingerprint density at radius 1 is 1.50 bits per heavy atom. The van der Waals surface area contributed by atoms with E-state index in [4.69, 9.17) is 10.4 Å². The van der Waals surface area contributed by atoms with Gasteiger partial charge in [-0.3, -0.25) is 4.79 Å². The number of hydrogen-bond acceptors (Lipinski definition) is 4. The molecule has 96 valence electrons. The number of carboxylic acid groups (broad SMARTS) is 1. The van der Waals surface area contributed by atoms with E-state index in [1.165, 1.54) is 6.07 Å². The molecule has 0 radical (unpaired) electrons. The number of benzene rings is 1. The molecule has 1 aromatic rings. The fraction of sp³-hybridized carbons (Fsp3) is 0.200. The lowest BCUT2D eigenvalue weighted by Crippen LogP contribution is -2.18. The lowest BCUT2D eigenvalue weighted by molar-refractivity contribution is -0.275. The highest BCUT2D eigenvalue weighted by Crippen LogP contribution is 2.33. The number of aliphatic carboxylic acids is 1. The average Bonchev–Trinajstić information content (AvgIpc) is 2.19. The molecule has 0 amide bonds. The van der Waals surface area contributed by atoms with E-state index in [9.17, 15) is 18.0 Å². The minimum atomic E-state index is -4.95. The van der Waals surface area contributed by atoms with Crippen molar-refractivity contribution in [3.8, 4) is 11.8 Å². The van der Waals surface area contributed by atoms with E-state index in [2.05, 4.69) is 17.4 Å². The lowest BCUT2D eigenvalue weighted by atomic mass is 10.1. The highest BCUT2D eigenvalue weighted by atomic mass is 32.1. The van der Waals surface area contributed by atoms with Gasteiger partial charge in [0.05, 0.1) is 12.0 Å². The summed E-state index contributed by atoms with van der Waals surface area (Å²) in [5.74, 6) is -1.90. The maximum absolute atomic E-state index is 12.1. The summed E-state index contributed by atoms with van der Waals surface area (Å²) in [6, 6.07) is 3.64. The molecule has 0 aliphatic heterocycles. The number of nitrogens with zero attached hydrogens (tertiary/aromatic N) is 1. The third-order valence-electron chi connectivity index (χ3n) is 1.82. The highest BCUT2D eigenvalue weighted by Gasteiger charge is 2.33. The molecule has 0 saturated heterocycles. The second kappa shape index (κ2) is 5.18. The van der Waals surface area contributed by atoms with Gasteiger partial charge >= 0.3 is 12.3 Å². The quantitative estimate of drug-likeness (QED) is 0.832. The van der Waals surface area contributed by atoms with Crippen LogP contribution in [0.1, 0.15) is 11.1 Å². The number of thiol groups is 1. The molecule has 0 bridgehead atoms. The first-order valence-electron chi connectivity index (χ1n) is 4.46. The molecule has 8 heteroatoms. The van der Waals surface area contributed by atoms with Crippen LogP contribution in [0, 0.1) is 11.3 Å². The Morgan fingerprint density at radius 3 is 2.56 bits per heavy atom. The summed E-state index contributed by atoms with van der Waals surface area (Å²) < 4.78 is 39.9. The summed E-state index contributed by atoms with van der Waals surface area (Å²) in [5.41, 5.74) is -0.255. The van der Waals surface area contributed by atoms with Gasteiger partial charge in [-0.25, -0.2) is 0 Å². The number of hydrogen-bond donors (Lipinski definition) is 2. The first-order chi connectivity index (χ1) is 8.23. The van der Waals surface area contributed by atoms with Gasteiger partial charge in [0, 0.05) is 4.90 Å². The number of carboxylic acids is 1. The van der Waals surface area contributed by atoms with Crippen LogP contribution in [-0.2, 0) is 11.2 Å². The number of halogens is 3. The third kappa shape index (κ3) is 3.85. The monoisotopic (exact) mass is 277 g/mol. The van der Waals surface area contributed by atoms with Crippen molar-refractivity contribution in [3.05, 3.63) is 23.3 Å². The van der Waals surface area contributed by atoms with Gasteiger partial charge in [0.2, 0.25) is 0 Å². The van der Waals surface area contributed by atoms with E-state index < -0.39 is 30.1 Å². The van der Waals surface area contributed by atoms with Gasteiger partial charge in [0.15, 0.2) is 5.75 Å². The largest absolute Gasteiger partial charge is 0.573 e. The zero-order valence-electron chi connectivity index (χ0n) is 8.65. The number of nitriles is 1. The van der Waals surface area contributed by atoms with Crippen LogP contribution >= 0.6 is 12.6 Å². The number of carbonyl (C=O) groups is 1. The summed E-state index contributed by atoms with van der Waals surface area (Å²) in [7, 11) is 0. The van der Waals surface area contributed by atoms with E-state index in [-0.39, 0.29) is 10.5 Å². The predicted octanol–water partition coefficient (Wildman–Crippen LogP) is 2.37. The molecule has 0 saturated carbocycles. The Labute approximate surface area is 105 Å². The Kier molecular flexibility index (Phi) is 4.08. The normalized spacial score (nSPS) is 10.8. The van der Waals surface area contributed by atoms with Crippen molar-refractivity contribution in [2.75, 3.05) is 0 Å². The molecule has 0 heterocycles. The molecule has 4 nitrogen and oxygen atoms in total. The average molecular weight is 277 g/mol. The predicted molar refractivity (Wildman–Crippen MR) is 56.4 cm³/mol. The van der Waals surface area contributed by atoms with Crippen LogP contribution in [0.15, 0.2) is 17.0 Å². The molecule has 0 atom stereocenters. The van der Waals surface area contributed by atoms with Gasteiger partial charge in [-0.15, -0.1) is 25.8 Å². The smallest absolute Gasteiger partial charge is 0.481 e. The standard InChI is InChI=1S/C10H6F3NO3S/c11-10(12,13)17-9-6(4-14)1-5(2-7(9)18)3-8(15)16/h1-2,18H,3H2,(H,15,16). The fourth-order valence-electron chi connectivity index (χ4n) is 1.25. The van der Waals surface area contributed by atoms with E-state index in [0.29, 0.717) is 0 Å². The highest BCUT2D eigenvalue weighted by molar-refractivity contribution is 7.80. The van der Waals surface area contributed by atoms with Gasteiger partial charge in [-0.1, -0.05) is 0 Å². The van der Waals surface area contributed by atoms with Crippen LogP contribution in [0.3, 0.4) is 0 Å². The van der Waals surface area contributed by atoms with Crippen molar-refractivity contribution in [1.82, 2.24) is 0 Å². The van der Waals surface area contributed by atoms with Gasteiger partial charge in [0.1, 0.15) is 6.07 Å². The van der Waals surface area contributed by atoms with E-state index in [0.717, 1.165) is 12.1 Å². The van der Waals surface area contributed by atoms with Crippen LogP contribution < -0.4 is 4.74 Å². The van der Waals surface area contributed by atoms with Gasteiger partial charge < -0.3 is 9.84 Å². The van der Waals surface area contributed by atoms with E-state index >= 15 is 0 Å². The lowest BCUT2D eigenvalue weighted by Gasteiger charge is -2.13. The van der Waals surface area contributed by atoms with Gasteiger partial charge in [0.25, 0.3) is 0 Å². The maximum atomic E-state index is 12.1. The Balaban J connectivity index is 3.21. The second-order valence-electron chi connectivity index (χ2n) is 3.22. The first-order valence-corrected chi connectivity index (χ1v) is 4.91. The molecule has 0 aromatic heterocycles. The minimum Gasteiger partial charge on any atom is -0.481 e. The van der Waals surface area contributed by atoms with Crippen LogP contribution in [0.4, 0.5) is 13.2 Å². The SMILES string of the molecule is N#Cc1cc(CC(=O)O)cc(S)c1OC(F)(F)F. The third-order valence-corrected chi connectivity index (χ3v) is 2.15. The summed E-state index contributed by atoms with van der Waals surface area (Å²) in [6.07, 6.45) is -5.37. The minimum absolute atomic E-state index is 0.165. The van der Waals surface area contributed by atoms with Gasteiger partial charge in [-0.05, 0) is 17.7 Å². The van der Waals surface area contributed by atoms with Crippen LogP contribution in [0.2, 0.25) is 0 Å². The van der Waals surface area contributed by atoms with E-state index in [1.54, 1.807) is 0 Å². The molecular formula is C10H6F3NO3S. The number of ether oxygens (including phenoxy) is 1. The summed E-state index contributed by atoms with van der Waals surface area (Å²) in [5, 5.41) is 17.3. The molecule has 18 heavy (non-hydrogen) atoms. The second-order valence-corrected chi connectivity index (χ2v) is 3.70. The summed E-state index contributed by atoms with van der Waals surface area (Å²) >= 11 is 3.76. The summed E-state index contributed by atoms with van der Waals surface area (Å²) in [6.45, 7) is 0. The molecule has 0 spiro atoms. The molecule has 1 N–H and O–H groups in total. The van der Waals surface area contributed by atoms with Crippen molar-refractivity contribution >= 4 is 18.6 Å². The van der Waals surface area contributed by atoms with Crippen molar-refractivity contribution in [2.45, 2.75) is 17.7 Å². The first kappa shape index (κ1) is 14.2.